The molecule has 2 aromatic heterocycles. The van der Waals surface area contributed by atoms with Gasteiger partial charge < -0.3 is 24.4 Å². The Hall–Kier alpha value is -3.92. The molecule has 1 aliphatic rings. The number of likely N-dealkylation sites (tertiary alicyclic amines) is 1. The van der Waals surface area contributed by atoms with Gasteiger partial charge in [0.2, 0.25) is 0 Å². The van der Waals surface area contributed by atoms with Gasteiger partial charge in [-0.15, -0.1) is 5.10 Å². The molecule has 1 fully saturated rings. The van der Waals surface area contributed by atoms with E-state index in [0.717, 1.165) is 54.6 Å². The zero-order chi connectivity index (χ0) is 26.1. The molecule has 1 amide bonds. The first kappa shape index (κ1) is 24.8. The third kappa shape index (κ3) is 4.76. The number of rotatable bonds is 7. The molecule has 5 rings (SSSR count). The second kappa shape index (κ2) is 10.2. The molecule has 0 saturated carbocycles. The summed E-state index contributed by atoms with van der Waals surface area (Å²) in [6.45, 7) is 3.21. The summed E-state index contributed by atoms with van der Waals surface area (Å²) < 4.78 is 8.93. The number of carbonyl (C=O) groups is 1. The molecule has 10 nitrogen and oxygen atoms in total. The van der Waals surface area contributed by atoms with Crippen molar-refractivity contribution in [2.75, 3.05) is 45.7 Å². The average molecular weight is 504 g/mol. The van der Waals surface area contributed by atoms with Crippen molar-refractivity contribution in [3.63, 3.8) is 0 Å². The molecule has 0 atom stereocenters. The monoisotopic (exact) mass is 503 g/mol. The summed E-state index contributed by atoms with van der Waals surface area (Å²) in [6, 6.07) is 13.7. The van der Waals surface area contributed by atoms with Gasteiger partial charge in [-0.05, 0) is 43.2 Å². The highest BCUT2D eigenvalue weighted by molar-refractivity contribution is 6.06. The molecule has 0 unspecified atom stereocenters. The number of benzene rings is 2. The highest BCUT2D eigenvalue weighted by Gasteiger charge is 2.23. The summed E-state index contributed by atoms with van der Waals surface area (Å²) in [7, 11) is 7.21. The predicted octanol–water partition coefficient (Wildman–Crippen LogP) is 2.25. The Kier molecular flexibility index (Phi) is 6.84. The molecule has 4 aromatic rings. The number of aryl methyl sites for hydroxylation is 1. The number of pyridine rings is 1. The van der Waals surface area contributed by atoms with E-state index in [1.807, 2.05) is 25.2 Å². The van der Waals surface area contributed by atoms with Crippen molar-refractivity contribution in [2.45, 2.75) is 25.4 Å². The number of piperidine rings is 1. The van der Waals surface area contributed by atoms with E-state index in [0.29, 0.717) is 29.4 Å². The van der Waals surface area contributed by atoms with E-state index >= 15 is 0 Å². The molecule has 37 heavy (non-hydrogen) atoms. The van der Waals surface area contributed by atoms with Crippen molar-refractivity contribution in [3.8, 4) is 5.75 Å². The fourth-order valence-electron chi connectivity index (χ4n) is 5.27. The van der Waals surface area contributed by atoms with E-state index in [9.17, 15) is 9.59 Å². The van der Waals surface area contributed by atoms with Gasteiger partial charge in [-0.25, -0.2) is 4.68 Å². The second-order valence-corrected chi connectivity index (χ2v) is 9.58. The van der Waals surface area contributed by atoms with Gasteiger partial charge in [0.25, 0.3) is 11.5 Å². The van der Waals surface area contributed by atoms with Gasteiger partial charge in [0.05, 0.1) is 23.7 Å². The summed E-state index contributed by atoms with van der Waals surface area (Å²) in [4.78, 5) is 30.2. The largest absolute Gasteiger partial charge is 0.497 e. The van der Waals surface area contributed by atoms with Gasteiger partial charge in [-0.2, -0.15) is 0 Å². The minimum Gasteiger partial charge on any atom is -0.497 e. The molecule has 1 saturated heterocycles. The SMILES string of the molecule is CNC(=O)c1cc(=O)n(CCN2CCC(N(C)c3ccc4c(c3)nnn4C)CC2)c2cc(OC)ccc12. The average Bonchev–Trinajstić information content (AvgIpc) is 3.31. The fraction of sp³-hybridized carbons (Fsp3) is 0.407. The van der Waals surface area contributed by atoms with Crippen LogP contribution in [0.15, 0.2) is 47.3 Å². The minimum atomic E-state index is -0.274. The number of hydrogen-bond acceptors (Lipinski definition) is 7. The van der Waals surface area contributed by atoms with E-state index in [1.165, 1.54) is 6.07 Å². The quantitative estimate of drug-likeness (QED) is 0.413. The van der Waals surface area contributed by atoms with Gasteiger partial charge in [0, 0.05) is 76.6 Å². The number of amides is 1. The lowest BCUT2D eigenvalue weighted by Gasteiger charge is -2.38. The number of aromatic nitrogens is 4. The molecular weight excluding hydrogens is 470 g/mol. The van der Waals surface area contributed by atoms with Crippen LogP contribution in [-0.4, -0.2) is 77.2 Å². The Labute approximate surface area is 215 Å². The predicted molar refractivity (Wildman–Crippen MR) is 145 cm³/mol. The van der Waals surface area contributed by atoms with Crippen molar-refractivity contribution in [1.82, 2.24) is 29.8 Å². The fourth-order valence-corrected chi connectivity index (χ4v) is 5.27. The van der Waals surface area contributed by atoms with Crippen molar-refractivity contribution < 1.29 is 9.53 Å². The summed E-state index contributed by atoms with van der Waals surface area (Å²) in [5.41, 5.74) is 3.98. The lowest BCUT2D eigenvalue weighted by Crippen LogP contribution is -2.44. The molecule has 0 radical (unpaired) electrons. The first-order valence-corrected chi connectivity index (χ1v) is 12.6. The number of nitrogens with zero attached hydrogens (tertiary/aromatic N) is 6. The summed E-state index contributed by atoms with van der Waals surface area (Å²) in [5.74, 6) is 0.377. The highest BCUT2D eigenvalue weighted by Crippen LogP contribution is 2.26. The topological polar surface area (TPSA) is 97.5 Å². The van der Waals surface area contributed by atoms with Crippen LogP contribution in [0.3, 0.4) is 0 Å². The molecule has 0 aliphatic carbocycles. The van der Waals surface area contributed by atoms with Crippen molar-refractivity contribution in [1.29, 1.82) is 0 Å². The lowest BCUT2D eigenvalue weighted by atomic mass is 10.0. The van der Waals surface area contributed by atoms with Gasteiger partial charge >= 0.3 is 0 Å². The maximum absolute atomic E-state index is 13.0. The van der Waals surface area contributed by atoms with Crippen LogP contribution in [-0.2, 0) is 13.6 Å². The zero-order valence-corrected chi connectivity index (χ0v) is 21.8. The number of hydrogen-bond donors (Lipinski definition) is 1. The number of carbonyl (C=O) groups excluding carboxylic acids is 1. The maximum Gasteiger partial charge on any atom is 0.251 e. The molecule has 1 aliphatic heterocycles. The zero-order valence-electron chi connectivity index (χ0n) is 21.8. The number of fused-ring (bicyclic) bond motifs is 2. The Balaban J connectivity index is 1.27. The number of methoxy groups -OCH3 is 1. The highest BCUT2D eigenvalue weighted by atomic mass is 16.5. The molecule has 3 heterocycles. The third-order valence-corrected chi connectivity index (χ3v) is 7.54. The van der Waals surface area contributed by atoms with Crippen LogP contribution in [0.5, 0.6) is 5.75 Å². The van der Waals surface area contributed by atoms with Crippen molar-refractivity contribution >= 4 is 33.5 Å². The van der Waals surface area contributed by atoms with Crippen LogP contribution in [0.4, 0.5) is 5.69 Å². The van der Waals surface area contributed by atoms with Crippen LogP contribution in [0, 0.1) is 0 Å². The number of ether oxygens (including phenoxy) is 1. The minimum absolute atomic E-state index is 0.187. The van der Waals surface area contributed by atoms with Crippen molar-refractivity contribution in [2.24, 2.45) is 7.05 Å². The summed E-state index contributed by atoms with van der Waals surface area (Å²) >= 11 is 0. The van der Waals surface area contributed by atoms with Crippen LogP contribution < -0.4 is 20.5 Å². The lowest BCUT2D eigenvalue weighted by molar-refractivity contribution is 0.0964. The summed E-state index contributed by atoms with van der Waals surface area (Å²) in [5, 5.41) is 11.7. The van der Waals surface area contributed by atoms with E-state index < -0.39 is 0 Å². The number of anilines is 1. The molecule has 0 spiro atoms. The molecular formula is C27H33N7O3. The van der Waals surface area contributed by atoms with E-state index in [2.05, 4.69) is 50.7 Å². The normalized spacial score (nSPS) is 14.8. The first-order valence-electron chi connectivity index (χ1n) is 12.6. The Morgan fingerprint density at radius 1 is 1.11 bits per heavy atom. The summed E-state index contributed by atoms with van der Waals surface area (Å²) in [6.07, 6.45) is 2.07. The second-order valence-electron chi connectivity index (χ2n) is 9.58. The maximum atomic E-state index is 13.0. The van der Waals surface area contributed by atoms with E-state index in [1.54, 1.807) is 23.4 Å². The molecule has 10 heteroatoms. The van der Waals surface area contributed by atoms with Gasteiger partial charge in [0.1, 0.15) is 11.3 Å². The third-order valence-electron chi connectivity index (χ3n) is 7.54. The van der Waals surface area contributed by atoms with Gasteiger partial charge in [-0.1, -0.05) is 5.21 Å². The molecule has 194 valence electrons. The van der Waals surface area contributed by atoms with E-state index in [4.69, 9.17) is 4.74 Å². The molecule has 0 bridgehead atoms. The number of nitrogens with one attached hydrogen (secondary N) is 1. The standard InChI is InChI=1S/C27H33N7O3/c1-28-27(36)22-17-26(35)34(25-16-20(37-4)6-7-21(22)25)14-13-33-11-9-18(10-12-33)31(2)19-5-8-24-23(15-19)29-30-32(24)3/h5-8,15-18H,9-14H2,1-4H3,(H,28,36). The smallest absolute Gasteiger partial charge is 0.251 e. The van der Waals surface area contributed by atoms with Gasteiger partial charge in [0.15, 0.2) is 0 Å². The Bertz CT molecular complexity index is 1500. The van der Waals surface area contributed by atoms with Crippen LogP contribution in [0.25, 0.3) is 21.9 Å². The molecule has 2 aromatic carbocycles. The van der Waals surface area contributed by atoms with Gasteiger partial charge in [-0.3, -0.25) is 9.59 Å². The van der Waals surface area contributed by atoms with Crippen LogP contribution in [0.1, 0.15) is 23.2 Å². The molecule has 1 N–H and O–H groups in total. The Morgan fingerprint density at radius 2 is 1.89 bits per heavy atom. The van der Waals surface area contributed by atoms with Crippen LogP contribution in [0.2, 0.25) is 0 Å². The van der Waals surface area contributed by atoms with E-state index in [-0.39, 0.29) is 11.5 Å². The Morgan fingerprint density at radius 3 is 2.62 bits per heavy atom. The first-order chi connectivity index (χ1) is 17.9. The van der Waals surface area contributed by atoms with Crippen LogP contribution >= 0.6 is 0 Å². The van der Waals surface area contributed by atoms with Crippen molar-refractivity contribution in [3.05, 3.63) is 58.4 Å².